The summed E-state index contributed by atoms with van der Waals surface area (Å²) in [5.41, 5.74) is 0. The summed E-state index contributed by atoms with van der Waals surface area (Å²) in [4.78, 5) is -4.45. The molecule has 0 aliphatic carbocycles. The molecule has 12 heavy (non-hydrogen) atoms. The van der Waals surface area contributed by atoms with Crippen LogP contribution >= 0.6 is 39.1 Å². The third-order valence-corrected chi connectivity index (χ3v) is 2.14. The van der Waals surface area contributed by atoms with Crippen molar-refractivity contribution in [3.8, 4) is 0 Å². The first-order chi connectivity index (χ1) is 5.10. The van der Waals surface area contributed by atoms with Crippen LogP contribution in [-0.2, 0) is 0 Å². The van der Waals surface area contributed by atoms with Crippen LogP contribution in [0.1, 0.15) is 0 Å². The van der Waals surface area contributed by atoms with Gasteiger partial charge in [0.25, 0.3) is 0 Å². The molecule has 0 aliphatic rings. The van der Waals surface area contributed by atoms with E-state index in [1.54, 1.807) is 0 Å². The van der Waals surface area contributed by atoms with Crippen molar-refractivity contribution < 1.29 is 22.0 Å². The molecule has 0 N–H and O–H groups in total. The maximum absolute atomic E-state index is 12.5. The maximum Gasteiger partial charge on any atom is 0.355 e. The Balaban J connectivity index is 5.01. The number of halogens is 8. The van der Waals surface area contributed by atoms with Crippen molar-refractivity contribution >= 4 is 39.1 Å². The van der Waals surface area contributed by atoms with E-state index in [0.29, 0.717) is 0 Å². The van der Waals surface area contributed by atoms with Crippen LogP contribution in [0, 0.1) is 0 Å². The van der Waals surface area contributed by atoms with Gasteiger partial charge in [-0.15, -0.1) is 0 Å². The van der Waals surface area contributed by atoms with Crippen LogP contribution in [0.25, 0.3) is 0 Å². The molecule has 0 aliphatic heterocycles. The molecule has 0 spiro atoms. The average Bonchev–Trinajstić information content (AvgIpc) is 1.83. The van der Waals surface area contributed by atoms with Crippen LogP contribution in [-0.4, -0.2) is 9.96 Å². The Morgan fingerprint density at radius 2 is 1.50 bits per heavy atom. The topological polar surface area (TPSA) is 0 Å². The summed E-state index contributed by atoms with van der Waals surface area (Å²) in [5, 5.41) is -6.58. The van der Waals surface area contributed by atoms with Gasteiger partial charge >= 0.3 is 9.96 Å². The first-order valence-electron chi connectivity index (χ1n) is 2.26. The second-order valence-electron chi connectivity index (χ2n) is 1.65. The van der Waals surface area contributed by atoms with Crippen molar-refractivity contribution in [2.75, 3.05) is 0 Å². The lowest BCUT2D eigenvalue weighted by Gasteiger charge is -2.20. The van der Waals surface area contributed by atoms with Gasteiger partial charge in [-0.05, 0) is 27.5 Å². The summed E-state index contributed by atoms with van der Waals surface area (Å²) in [6, 6.07) is 0. The number of alkyl halides is 5. The highest BCUT2D eigenvalue weighted by Gasteiger charge is 2.57. The quantitative estimate of drug-likeness (QED) is 0.528. The summed E-state index contributed by atoms with van der Waals surface area (Å²) >= 11 is 10.0. The average molecular weight is 294 g/mol. The SMILES string of the molecule is F/C(Cl)=C(/F)C(F)(Cl)C(F)(F)Br. The predicted octanol–water partition coefficient (Wildman–Crippen LogP) is 4.23. The van der Waals surface area contributed by atoms with E-state index in [1.807, 2.05) is 0 Å². The normalized spacial score (nSPS) is 20.0. The van der Waals surface area contributed by atoms with E-state index in [4.69, 9.17) is 0 Å². The molecule has 0 bridgehead atoms. The standard InChI is InChI=1S/C4BrCl2F5/c5-4(11,12)3(7,10)1(8)2(6)9/b2-1+. The van der Waals surface area contributed by atoms with Gasteiger partial charge in [0, 0.05) is 0 Å². The van der Waals surface area contributed by atoms with Gasteiger partial charge in [-0.25, -0.2) is 8.78 Å². The lowest BCUT2D eigenvalue weighted by Crippen LogP contribution is -2.34. The van der Waals surface area contributed by atoms with E-state index >= 15 is 0 Å². The minimum absolute atomic E-state index is 1.43. The van der Waals surface area contributed by atoms with Gasteiger partial charge < -0.3 is 0 Å². The summed E-state index contributed by atoms with van der Waals surface area (Å²) in [6.07, 6.45) is 0. The molecule has 8 heteroatoms. The van der Waals surface area contributed by atoms with E-state index in [9.17, 15) is 22.0 Å². The molecule has 0 fully saturated rings. The van der Waals surface area contributed by atoms with Gasteiger partial charge in [0.2, 0.25) is 11.1 Å². The van der Waals surface area contributed by atoms with Crippen LogP contribution in [0.5, 0.6) is 0 Å². The molecule has 0 saturated heterocycles. The minimum Gasteiger partial charge on any atom is -0.210 e. The second kappa shape index (κ2) is 3.67. The molecular weight excluding hydrogens is 294 g/mol. The van der Waals surface area contributed by atoms with E-state index in [0.717, 1.165) is 0 Å². The van der Waals surface area contributed by atoms with Crippen molar-refractivity contribution in [2.45, 2.75) is 9.96 Å². The Kier molecular flexibility index (Phi) is 3.81. The number of rotatable bonds is 2. The van der Waals surface area contributed by atoms with Gasteiger partial charge in [-0.3, -0.25) is 0 Å². The summed E-state index contributed by atoms with van der Waals surface area (Å²) in [5.74, 6) is -2.58. The number of hydrogen-bond acceptors (Lipinski definition) is 0. The Morgan fingerprint density at radius 1 is 1.17 bits per heavy atom. The van der Waals surface area contributed by atoms with Crippen molar-refractivity contribution in [2.24, 2.45) is 0 Å². The number of hydrogen-bond donors (Lipinski definition) is 0. The van der Waals surface area contributed by atoms with Crippen LogP contribution in [0.2, 0.25) is 0 Å². The molecule has 0 aromatic carbocycles. The fourth-order valence-corrected chi connectivity index (χ4v) is 0.679. The van der Waals surface area contributed by atoms with E-state index < -0.39 is 21.1 Å². The van der Waals surface area contributed by atoms with Gasteiger partial charge in [-0.1, -0.05) is 11.6 Å². The van der Waals surface area contributed by atoms with E-state index in [1.165, 1.54) is 15.9 Å². The van der Waals surface area contributed by atoms with E-state index in [-0.39, 0.29) is 0 Å². The molecule has 1 atom stereocenters. The predicted molar refractivity (Wildman–Crippen MR) is 38.7 cm³/mol. The Hall–Kier alpha value is 0.450. The molecule has 0 aromatic heterocycles. The summed E-state index contributed by atoms with van der Waals surface area (Å²) in [7, 11) is 0. The zero-order chi connectivity index (χ0) is 10.2. The highest BCUT2D eigenvalue weighted by Crippen LogP contribution is 2.48. The van der Waals surface area contributed by atoms with Crippen molar-refractivity contribution in [3.05, 3.63) is 11.1 Å². The lowest BCUT2D eigenvalue weighted by molar-refractivity contribution is 0.00319. The fraction of sp³-hybridized carbons (Fsp3) is 0.500. The largest absolute Gasteiger partial charge is 0.355 e. The Labute approximate surface area is 82.4 Å². The molecule has 1 unspecified atom stereocenters. The van der Waals surface area contributed by atoms with Crippen molar-refractivity contribution in [1.82, 2.24) is 0 Å². The van der Waals surface area contributed by atoms with Crippen LogP contribution in [0.3, 0.4) is 0 Å². The van der Waals surface area contributed by atoms with Crippen LogP contribution in [0.4, 0.5) is 22.0 Å². The van der Waals surface area contributed by atoms with Gasteiger partial charge in [0.1, 0.15) is 0 Å². The van der Waals surface area contributed by atoms with Crippen LogP contribution in [0.15, 0.2) is 11.1 Å². The zero-order valence-corrected chi connectivity index (χ0v) is 8.12. The zero-order valence-electron chi connectivity index (χ0n) is 5.02. The Morgan fingerprint density at radius 3 is 1.58 bits per heavy atom. The number of allylic oxidation sites excluding steroid dienone is 1. The van der Waals surface area contributed by atoms with E-state index in [2.05, 4.69) is 23.2 Å². The molecule has 0 nitrogen and oxygen atoms in total. The van der Waals surface area contributed by atoms with Crippen molar-refractivity contribution in [3.63, 3.8) is 0 Å². The minimum atomic E-state index is -4.45. The maximum atomic E-state index is 12.5. The van der Waals surface area contributed by atoms with Crippen molar-refractivity contribution in [1.29, 1.82) is 0 Å². The first-order valence-corrected chi connectivity index (χ1v) is 3.81. The van der Waals surface area contributed by atoms with Gasteiger partial charge in [0.05, 0.1) is 0 Å². The molecule has 0 amide bonds. The first kappa shape index (κ1) is 12.4. The fourth-order valence-electron chi connectivity index (χ4n) is 0.243. The third kappa shape index (κ3) is 2.47. The molecule has 0 saturated carbocycles. The van der Waals surface area contributed by atoms with Gasteiger partial charge in [-0.2, -0.15) is 13.2 Å². The molecule has 0 heterocycles. The molecular formula is C4BrCl2F5. The summed E-state index contributed by atoms with van der Waals surface area (Å²) in [6.45, 7) is 0. The molecule has 72 valence electrons. The highest BCUT2D eigenvalue weighted by atomic mass is 79.9. The molecule has 0 aromatic rings. The molecule has 0 rings (SSSR count). The Bertz CT molecular complexity index is 204. The highest BCUT2D eigenvalue weighted by molar-refractivity contribution is 9.10. The van der Waals surface area contributed by atoms with Crippen LogP contribution < -0.4 is 0 Å². The van der Waals surface area contributed by atoms with Gasteiger partial charge in [0.15, 0.2) is 0 Å². The lowest BCUT2D eigenvalue weighted by atomic mass is 10.3. The molecule has 0 radical (unpaired) electrons. The second-order valence-corrected chi connectivity index (χ2v) is 3.50. The third-order valence-electron chi connectivity index (χ3n) is 0.798. The summed E-state index contributed by atoms with van der Waals surface area (Å²) < 4.78 is 60.4. The smallest absolute Gasteiger partial charge is 0.210 e. The monoisotopic (exact) mass is 292 g/mol.